The zero-order chi connectivity index (χ0) is 19.2. The van der Waals surface area contributed by atoms with Crippen LogP contribution in [-0.4, -0.2) is 25.6 Å². The lowest BCUT2D eigenvalue weighted by molar-refractivity contribution is -0.112. The summed E-state index contributed by atoms with van der Waals surface area (Å²) in [4.78, 5) is 14.6. The van der Waals surface area contributed by atoms with Crippen LogP contribution in [0.25, 0.3) is 6.08 Å². The van der Waals surface area contributed by atoms with Gasteiger partial charge in [0.15, 0.2) is 0 Å². The average molecular weight is 430 g/mol. The normalized spacial score (nSPS) is 14.1. The van der Waals surface area contributed by atoms with Crippen LogP contribution in [0.2, 0.25) is 0 Å². The molecule has 1 saturated heterocycles. The number of nitrogens with one attached hydrogen (secondary N) is 1. The number of nitriles is 1. The number of carbonyl (C=O) groups excluding carboxylic acids is 1. The Labute approximate surface area is 166 Å². The van der Waals surface area contributed by atoms with E-state index < -0.39 is 5.91 Å². The third-order valence-corrected chi connectivity index (χ3v) is 4.72. The molecule has 0 radical (unpaired) electrons. The van der Waals surface area contributed by atoms with E-state index in [1.807, 2.05) is 13.0 Å². The fourth-order valence-electron chi connectivity index (χ4n) is 2.87. The fraction of sp³-hybridized carbons (Fsp3) is 0.300. The maximum atomic E-state index is 12.4. The molecule has 1 aromatic heterocycles. The van der Waals surface area contributed by atoms with E-state index in [-0.39, 0.29) is 5.57 Å². The highest BCUT2D eigenvalue weighted by atomic mass is 79.9. The van der Waals surface area contributed by atoms with Gasteiger partial charge in [-0.15, -0.1) is 0 Å². The van der Waals surface area contributed by atoms with Crippen LogP contribution in [-0.2, 0) is 4.79 Å². The number of halogens is 1. The zero-order valence-corrected chi connectivity index (χ0v) is 16.6. The molecule has 1 aliphatic heterocycles. The van der Waals surface area contributed by atoms with Crippen LogP contribution in [0.4, 0.5) is 11.6 Å². The third kappa shape index (κ3) is 4.72. The molecular weight excluding hydrogens is 410 g/mol. The summed E-state index contributed by atoms with van der Waals surface area (Å²) in [6.45, 7) is 4.37. The van der Waals surface area contributed by atoms with Crippen molar-refractivity contribution in [2.24, 2.45) is 0 Å². The van der Waals surface area contributed by atoms with Crippen molar-refractivity contribution >= 4 is 39.5 Å². The number of nitrogens with zero attached hydrogens (tertiary/aromatic N) is 2. The molecule has 0 aliphatic carbocycles. The molecule has 7 heteroatoms. The van der Waals surface area contributed by atoms with Gasteiger partial charge in [0.05, 0.1) is 11.1 Å². The second-order valence-electron chi connectivity index (χ2n) is 6.08. The highest BCUT2D eigenvalue weighted by Crippen LogP contribution is 2.33. The minimum atomic E-state index is -0.489. The summed E-state index contributed by atoms with van der Waals surface area (Å²) in [6, 6.07) is 10.7. The molecule has 1 aromatic carbocycles. The van der Waals surface area contributed by atoms with E-state index >= 15 is 0 Å². The van der Waals surface area contributed by atoms with Crippen molar-refractivity contribution in [3.05, 3.63) is 46.1 Å². The van der Waals surface area contributed by atoms with E-state index in [0.29, 0.717) is 18.1 Å². The Hall–Kier alpha value is -2.72. The van der Waals surface area contributed by atoms with Crippen molar-refractivity contribution in [2.75, 3.05) is 29.9 Å². The number of ether oxygens (including phenoxy) is 1. The van der Waals surface area contributed by atoms with Gasteiger partial charge in [-0.3, -0.25) is 4.79 Å². The van der Waals surface area contributed by atoms with Crippen molar-refractivity contribution in [3.63, 3.8) is 0 Å². The Morgan fingerprint density at radius 2 is 2.07 bits per heavy atom. The van der Waals surface area contributed by atoms with E-state index in [1.54, 1.807) is 30.3 Å². The molecule has 0 atom stereocenters. The highest BCUT2D eigenvalue weighted by Gasteiger charge is 2.20. The van der Waals surface area contributed by atoms with Crippen molar-refractivity contribution in [1.82, 2.24) is 0 Å². The Morgan fingerprint density at radius 3 is 2.70 bits per heavy atom. The quantitative estimate of drug-likeness (QED) is 0.536. The smallest absolute Gasteiger partial charge is 0.266 e. The maximum Gasteiger partial charge on any atom is 0.266 e. The van der Waals surface area contributed by atoms with Crippen LogP contribution in [0.5, 0.6) is 5.75 Å². The number of amides is 1. The molecule has 6 nitrogen and oxygen atoms in total. The molecule has 2 aromatic rings. The predicted molar refractivity (Wildman–Crippen MR) is 108 cm³/mol. The summed E-state index contributed by atoms with van der Waals surface area (Å²) in [6.07, 6.45) is 3.72. The SMILES string of the molecule is CCOc1ccc(NC(=O)/C(C#N)=C\c2cc(Br)c(N3CCCC3)o2)cc1. The van der Waals surface area contributed by atoms with Gasteiger partial charge in [0.1, 0.15) is 23.2 Å². The molecule has 140 valence electrons. The molecule has 0 unspecified atom stereocenters. The minimum absolute atomic E-state index is 0.0295. The van der Waals surface area contributed by atoms with Gasteiger partial charge in [0.2, 0.25) is 5.88 Å². The summed E-state index contributed by atoms with van der Waals surface area (Å²) >= 11 is 3.49. The van der Waals surface area contributed by atoms with E-state index in [9.17, 15) is 10.1 Å². The molecule has 0 saturated carbocycles. The fourth-order valence-corrected chi connectivity index (χ4v) is 3.43. The summed E-state index contributed by atoms with van der Waals surface area (Å²) in [5, 5.41) is 12.1. The first kappa shape index (κ1) is 19.1. The summed E-state index contributed by atoms with van der Waals surface area (Å²) in [5.41, 5.74) is 0.557. The lowest BCUT2D eigenvalue weighted by Crippen LogP contribution is -2.17. The first-order valence-corrected chi connectivity index (χ1v) is 9.60. The molecule has 0 bridgehead atoms. The highest BCUT2D eigenvalue weighted by molar-refractivity contribution is 9.10. The van der Waals surface area contributed by atoms with Crippen LogP contribution < -0.4 is 15.0 Å². The number of benzene rings is 1. The van der Waals surface area contributed by atoms with Gasteiger partial charge in [-0.05, 0) is 60.0 Å². The number of rotatable bonds is 6. The number of anilines is 2. The lowest BCUT2D eigenvalue weighted by atomic mass is 10.2. The first-order chi connectivity index (χ1) is 13.1. The van der Waals surface area contributed by atoms with Crippen molar-refractivity contribution in [1.29, 1.82) is 5.26 Å². The van der Waals surface area contributed by atoms with Crippen LogP contribution in [0.3, 0.4) is 0 Å². The Kier molecular flexibility index (Phi) is 6.20. The third-order valence-electron chi connectivity index (χ3n) is 4.16. The molecule has 3 rings (SSSR count). The van der Waals surface area contributed by atoms with Gasteiger partial charge in [-0.25, -0.2) is 0 Å². The van der Waals surface area contributed by atoms with Gasteiger partial charge in [-0.2, -0.15) is 5.26 Å². The minimum Gasteiger partial charge on any atom is -0.494 e. The Morgan fingerprint density at radius 1 is 1.37 bits per heavy atom. The van der Waals surface area contributed by atoms with E-state index in [2.05, 4.69) is 26.1 Å². The van der Waals surface area contributed by atoms with E-state index in [1.165, 1.54) is 6.08 Å². The van der Waals surface area contributed by atoms with Gasteiger partial charge in [0, 0.05) is 30.9 Å². The summed E-state index contributed by atoms with van der Waals surface area (Å²) in [5.74, 6) is 1.43. The van der Waals surface area contributed by atoms with Crippen LogP contribution in [0.1, 0.15) is 25.5 Å². The van der Waals surface area contributed by atoms with Gasteiger partial charge in [0.25, 0.3) is 5.91 Å². The Balaban J connectivity index is 1.73. The summed E-state index contributed by atoms with van der Waals surface area (Å²) in [7, 11) is 0. The second-order valence-corrected chi connectivity index (χ2v) is 6.93. The van der Waals surface area contributed by atoms with Crippen LogP contribution in [0.15, 0.2) is 44.8 Å². The molecule has 1 amide bonds. The monoisotopic (exact) mass is 429 g/mol. The maximum absolute atomic E-state index is 12.4. The second kappa shape index (κ2) is 8.78. The van der Waals surface area contributed by atoms with Crippen molar-refractivity contribution < 1.29 is 13.9 Å². The molecule has 27 heavy (non-hydrogen) atoms. The van der Waals surface area contributed by atoms with E-state index in [4.69, 9.17) is 9.15 Å². The van der Waals surface area contributed by atoms with Gasteiger partial charge >= 0.3 is 0 Å². The average Bonchev–Trinajstić information content (AvgIpc) is 3.31. The molecular formula is C20H20BrN3O3. The number of hydrogen-bond acceptors (Lipinski definition) is 5. The number of furan rings is 1. The molecule has 2 heterocycles. The van der Waals surface area contributed by atoms with Crippen LogP contribution in [0, 0.1) is 11.3 Å². The van der Waals surface area contributed by atoms with Crippen LogP contribution >= 0.6 is 15.9 Å². The topological polar surface area (TPSA) is 78.5 Å². The van der Waals surface area contributed by atoms with Gasteiger partial charge < -0.3 is 19.4 Å². The summed E-state index contributed by atoms with van der Waals surface area (Å²) < 4.78 is 12.0. The molecule has 1 N–H and O–H groups in total. The number of hydrogen-bond donors (Lipinski definition) is 1. The largest absolute Gasteiger partial charge is 0.494 e. The molecule has 1 aliphatic rings. The van der Waals surface area contributed by atoms with E-state index in [0.717, 1.165) is 42.0 Å². The predicted octanol–water partition coefficient (Wildman–Crippen LogP) is 4.59. The van der Waals surface area contributed by atoms with Gasteiger partial charge in [-0.1, -0.05) is 0 Å². The number of carbonyl (C=O) groups is 1. The standard InChI is InChI=1S/C20H20BrN3O3/c1-2-26-16-7-5-15(6-8-16)23-19(25)14(13-22)11-17-12-18(21)20(27-17)24-9-3-4-10-24/h5-8,11-12H,2-4,9-10H2,1H3,(H,23,25)/b14-11-. The molecule has 1 fully saturated rings. The lowest BCUT2D eigenvalue weighted by Gasteiger charge is -2.13. The molecule has 0 spiro atoms. The zero-order valence-electron chi connectivity index (χ0n) is 15.0. The first-order valence-electron chi connectivity index (χ1n) is 8.81. The van der Waals surface area contributed by atoms with Crippen molar-refractivity contribution in [2.45, 2.75) is 19.8 Å². The van der Waals surface area contributed by atoms with Crippen molar-refractivity contribution in [3.8, 4) is 11.8 Å². The Bertz CT molecular complexity index is 875.